The second kappa shape index (κ2) is 6.05. The summed E-state index contributed by atoms with van der Waals surface area (Å²) in [4.78, 5) is 23.1. The van der Waals surface area contributed by atoms with Gasteiger partial charge in [0.1, 0.15) is 0 Å². The molecular weight excluding hydrogens is 234 g/mol. The lowest BCUT2D eigenvalue weighted by molar-refractivity contribution is -0.152. The highest BCUT2D eigenvalue weighted by Crippen LogP contribution is 2.13. The van der Waals surface area contributed by atoms with E-state index in [1.54, 1.807) is 19.1 Å². The fraction of sp³-hybridized carbons (Fsp3) is 0.385. The Labute approximate surface area is 106 Å². The minimum Gasteiger partial charge on any atom is -0.463 e. The number of carbonyl (C=O) groups is 2. The van der Waals surface area contributed by atoms with Gasteiger partial charge in [0, 0.05) is 5.69 Å². The zero-order valence-corrected chi connectivity index (χ0v) is 10.7. The summed E-state index contributed by atoms with van der Waals surface area (Å²) in [6.07, 6.45) is -0.931. The molecular formula is C13H17NO4. The van der Waals surface area contributed by atoms with Crippen LogP contribution in [0.25, 0.3) is 0 Å². The quantitative estimate of drug-likeness (QED) is 0.650. The van der Waals surface area contributed by atoms with E-state index < -0.39 is 18.0 Å². The molecule has 0 aliphatic carbocycles. The molecule has 1 aromatic rings. The Hall–Kier alpha value is -2.04. The Bertz CT molecular complexity index is 436. The highest BCUT2D eigenvalue weighted by molar-refractivity contribution is 5.92. The van der Waals surface area contributed by atoms with E-state index in [1.165, 1.54) is 13.0 Å². The van der Waals surface area contributed by atoms with Crippen LogP contribution in [0.5, 0.6) is 0 Å². The molecule has 1 atom stereocenters. The van der Waals surface area contributed by atoms with Crippen LogP contribution >= 0.6 is 0 Å². The van der Waals surface area contributed by atoms with E-state index in [4.69, 9.17) is 15.2 Å². The maximum atomic E-state index is 11.8. The van der Waals surface area contributed by atoms with Gasteiger partial charge >= 0.3 is 11.9 Å². The van der Waals surface area contributed by atoms with Crippen LogP contribution in [0.1, 0.15) is 29.8 Å². The highest BCUT2D eigenvalue weighted by Gasteiger charge is 2.20. The smallest absolute Gasteiger partial charge is 0.347 e. The Morgan fingerprint density at radius 2 is 2.00 bits per heavy atom. The second-order valence-electron chi connectivity index (χ2n) is 3.93. The van der Waals surface area contributed by atoms with Crippen molar-refractivity contribution < 1.29 is 19.1 Å². The molecule has 5 heteroatoms. The fourth-order valence-corrected chi connectivity index (χ4v) is 1.47. The van der Waals surface area contributed by atoms with Crippen molar-refractivity contribution >= 4 is 17.6 Å². The number of nitrogen functional groups attached to an aromatic ring is 1. The minimum atomic E-state index is -0.931. The second-order valence-corrected chi connectivity index (χ2v) is 3.93. The van der Waals surface area contributed by atoms with Crippen molar-refractivity contribution in [2.75, 3.05) is 12.3 Å². The first-order chi connectivity index (χ1) is 8.43. The van der Waals surface area contributed by atoms with E-state index >= 15 is 0 Å². The van der Waals surface area contributed by atoms with Gasteiger partial charge in [0.05, 0.1) is 12.2 Å². The number of esters is 2. The number of benzene rings is 1. The Kier molecular flexibility index (Phi) is 4.71. The molecule has 0 aromatic heterocycles. The number of anilines is 1. The number of nitrogens with two attached hydrogens (primary N) is 1. The third-order valence-corrected chi connectivity index (χ3v) is 2.24. The van der Waals surface area contributed by atoms with Crippen LogP contribution in [0.3, 0.4) is 0 Å². The van der Waals surface area contributed by atoms with Crippen LogP contribution in [-0.4, -0.2) is 24.6 Å². The molecule has 0 spiro atoms. The number of ether oxygens (including phenoxy) is 2. The Balaban J connectivity index is 2.73. The van der Waals surface area contributed by atoms with Gasteiger partial charge in [-0.15, -0.1) is 0 Å². The van der Waals surface area contributed by atoms with Crippen molar-refractivity contribution in [2.24, 2.45) is 0 Å². The maximum Gasteiger partial charge on any atom is 0.347 e. The van der Waals surface area contributed by atoms with E-state index in [1.807, 2.05) is 6.92 Å². The monoisotopic (exact) mass is 251 g/mol. The van der Waals surface area contributed by atoms with E-state index in [0.29, 0.717) is 11.3 Å². The first-order valence-corrected chi connectivity index (χ1v) is 5.68. The van der Waals surface area contributed by atoms with E-state index in [9.17, 15) is 9.59 Å². The molecule has 0 aliphatic heterocycles. The van der Waals surface area contributed by atoms with E-state index in [0.717, 1.165) is 5.56 Å². The molecule has 0 saturated heterocycles. The predicted octanol–water partition coefficient (Wildman–Crippen LogP) is 1.69. The summed E-state index contributed by atoms with van der Waals surface area (Å²) in [5, 5.41) is 0. The first kappa shape index (κ1) is 14.0. The van der Waals surface area contributed by atoms with Gasteiger partial charge in [0.2, 0.25) is 0 Å². The zero-order valence-electron chi connectivity index (χ0n) is 10.7. The van der Waals surface area contributed by atoms with Crippen LogP contribution in [0.2, 0.25) is 0 Å². The number of hydrogen-bond acceptors (Lipinski definition) is 5. The number of carbonyl (C=O) groups excluding carboxylic acids is 2. The molecule has 0 saturated carbocycles. The zero-order chi connectivity index (χ0) is 13.7. The lowest BCUT2D eigenvalue weighted by atomic mass is 10.1. The van der Waals surface area contributed by atoms with Crippen LogP contribution in [-0.2, 0) is 14.3 Å². The average Bonchev–Trinajstić information content (AvgIpc) is 2.27. The van der Waals surface area contributed by atoms with Crippen LogP contribution in [0, 0.1) is 6.92 Å². The summed E-state index contributed by atoms with van der Waals surface area (Å²) < 4.78 is 9.74. The van der Waals surface area contributed by atoms with Gasteiger partial charge in [0.15, 0.2) is 6.10 Å². The van der Waals surface area contributed by atoms with Gasteiger partial charge in [-0.3, -0.25) is 0 Å². The summed E-state index contributed by atoms with van der Waals surface area (Å²) >= 11 is 0. The van der Waals surface area contributed by atoms with Gasteiger partial charge in [0.25, 0.3) is 0 Å². The molecule has 0 heterocycles. The standard InChI is InChI=1S/C13H17NO4/c1-4-17-12(15)9(3)18-13(16)10-5-8(2)6-11(14)7-10/h5-7,9H,4,14H2,1-3H3. The normalized spacial score (nSPS) is 11.7. The van der Waals surface area contributed by atoms with Crippen LogP contribution in [0.4, 0.5) is 5.69 Å². The van der Waals surface area contributed by atoms with Crippen LogP contribution in [0.15, 0.2) is 18.2 Å². The van der Waals surface area contributed by atoms with E-state index in [-0.39, 0.29) is 6.61 Å². The average molecular weight is 251 g/mol. The summed E-state index contributed by atoms with van der Waals surface area (Å²) in [5.41, 5.74) is 7.29. The van der Waals surface area contributed by atoms with Crippen molar-refractivity contribution in [3.63, 3.8) is 0 Å². The van der Waals surface area contributed by atoms with Crippen molar-refractivity contribution in [2.45, 2.75) is 26.9 Å². The molecule has 2 N–H and O–H groups in total. The summed E-state index contributed by atoms with van der Waals surface area (Å²) in [5.74, 6) is -1.16. The van der Waals surface area contributed by atoms with Crippen molar-refractivity contribution in [1.82, 2.24) is 0 Å². The topological polar surface area (TPSA) is 78.6 Å². The molecule has 18 heavy (non-hydrogen) atoms. The fourth-order valence-electron chi connectivity index (χ4n) is 1.47. The third kappa shape index (κ3) is 3.76. The lowest BCUT2D eigenvalue weighted by Gasteiger charge is -2.12. The van der Waals surface area contributed by atoms with Gasteiger partial charge in [-0.05, 0) is 44.5 Å². The molecule has 0 amide bonds. The van der Waals surface area contributed by atoms with Crippen molar-refractivity contribution in [3.8, 4) is 0 Å². The lowest BCUT2D eigenvalue weighted by Crippen LogP contribution is -2.26. The molecule has 0 radical (unpaired) electrons. The Morgan fingerprint density at radius 3 is 2.56 bits per heavy atom. The predicted molar refractivity (Wildman–Crippen MR) is 67.1 cm³/mol. The van der Waals surface area contributed by atoms with Crippen LogP contribution < -0.4 is 5.73 Å². The van der Waals surface area contributed by atoms with Crippen molar-refractivity contribution in [3.05, 3.63) is 29.3 Å². The summed E-state index contributed by atoms with van der Waals surface area (Å²) in [6, 6.07) is 4.90. The van der Waals surface area contributed by atoms with Crippen molar-refractivity contribution in [1.29, 1.82) is 0 Å². The number of aryl methyl sites for hydroxylation is 1. The summed E-state index contributed by atoms with van der Waals surface area (Å²) in [6.45, 7) is 5.22. The van der Waals surface area contributed by atoms with Gasteiger partial charge in [-0.2, -0.15) is 0 Å². The Morgan fingerprint density at radius 1 is 1.33 bits per heavy atom. The molecule has 0 fully saturated rings. The molecule has 1 unspecified atom stereocenters. The first-order valence-electron chi connectivity index (χ1n) is 5.68. The maximum absolute atomic E-state index is 11.8. The minimum absolute atomic E-state index is 0.248. The molecule has 1 aromatic carbocycles. The number of rotatable bonds is 4. The highest BCUT2D eigenvalue weighted by atomic mass is 16.6. The molecule has 5 nitrogen and oxygen atoms in total. The van der Waals surface area contributed by atoms with Gasteiger partial charge in [-0.25, -0.2) is 9.59 Å². The van der Waals surface area contributed by atoms with Gasteiger partial charge in [-0.1, -0.05) is 0 Å². The SMILES string of the molecule is CCOC(=O)C(C)OC(=O)c1cc(C)cc(N)c1. The molecule has 0 bridgehead atoms. The number of hydrogen-bond donors (Lipinski definition) is 1. The molecule has 1 rings (SSSR count). The third-order valence-electron chi connectivity index (χ3n) is 2.24. The van der Waals surface area contributed by atoms with Gasteiger partial charge < -0.3 is 15.2 Å². The molecule has 0 aliphatic rings. The molecule has 98 valence electrons. The largest absolute Gasteiger partial charge is 0.463 e. The van der Waals surface area contributed by atoms with E-state index in [2.05, 4.69) is 0 Å². The summed E-state index contributed by atoms with van der Waals surface area (Å²) in [7, 11) is 0.